The molecule has 0 radical (unpaired) electrons. The van der Waals surface area contributed by atoms with Crippen molar-refractivity contribution < 1.29 is 0 Å². The first-order valence-corrected chi connectivity index (χ1v) is 5.27. The van der Waals surface area contributed by atoms with Gasteiger partial charge in [0, 0.05) is 5.39 Å². The van der Waals surface area contributed by atoms with Crippen LogP contribution in [0.1, 0.15) is 26.3 Å². The second kappa shape index (κ2) is 3.46. The molecule has 1 aromatic carbocycles. The summed E-state index contributed by atoms with van der Waals surface area (Å²) in [5.74, 6) is 0. The fourth-order valence-corrected chi connectivity index (χ4v) is 1.86. The third kappa shape index (κ3) is 1.82. The zero-order valence-corrected chi connectivity index (χ0v) is 9.84. The largest absolute Gasteiger partial charge is 0.236 e. The Bertz CT molecular complexity index is 500. The van der Waals surface area contributed by atoms with Crippen molar-refractivity contribution in [2.45, 2.75) is 26.2 Å². The Morgan fingerprint density at radius 3 is 2.53 bits per heavy atom. The summed E-state index contributed by atoms with van der Waals surface area (Å²) in [5, 5.41) is 1.44. The SMILES string of the molecule is CC(C)(C)c1cccc2c(Cl)ncnc12. The number of fused-ring (bicyclic) bond motifs is 1. The summed E-state index contributed by atoms with van der Waals surface area (Å²) in [6.45, 7) is 6.49. The van der Waals surface area contributed by atoms with E-state index in [1.54, 1.807) is 0 Å². The number of hydrogen-bond donors (Lipinski definition) is 0. The molecule has 78 valence electrons. The van der Waals surface area contributed by atoms with Crippen molar-refractivity contribution in [3.8, 4) is 0 Å². The van der Waals surface area contributed by atoms with E-state index in [9.17, 15) is 0 Å². The lowest BCUT2D eigenvalue weighted by Gasteiger charge is -2.20. The Labute approximate surface area is 94.3 Å². The Balaban J connectivity index is 2.83. The van der Waals surface area contributed by atoms with E-state index in [0.29, 0.717) is 5.15 Å². The smallest absolute Gasteiger partial charge is 0.140 e. The van der Waals surface area contributed by atoms with Crippen LogP contribution >= 0.6 is 11.6 Å². The molecule has 0 bridgehead atoms. The number of halogens is 1. The molecular weight excluding hydrogens is 208 g/mol. The molecule has 1 aromatic heterocycles. The second-order valence-corrected chi connectivity index (χ2v) is 4.97. The van der Waals surface area contributed by atoms with E-state index in [2.05, 4.69) is 36.8 Å². The van der Waals surface area contributed by atoms with E-state index in [-0.39, 0.29) is 5.41 Å². The van der Waals surface area contributed by atoms with Crippen LogP contribution in [0.4, 0.5) is 0 Å². The molecule has 15 heavy (non-hydrogen) atoms. The second-order valence-electron chi connectivity index (χ2n) is 4.62. The van der Waals surface area contributed by atoms with Crippen molar-refractivity contribution in [2.75, 3.05) is 0 Å². The van der Waals surface area contributed by atoms with Gasteiger partial charge in [-0.25, -0.2) is 9.97 Å². The van der Waals surface area contributed by atoms with Gasteiger partial charge in [0.15, 0.2) is 0 Å². The lowest BCUT2D eigenvalue weighted by Crippen LogP contribution is -2.12. The van der Waals surface area contributed by atoms with Crippen LogP contribution in [0.3, 0.4) is 0 Å². The van der Waals surface area contributed by atoms with Crippen LogP contribution in [0.5, 0.6) is 0 Å². The average molecular weight is 221 g/mol. The highest BCUT2D eigenvalue weighted by atomic mass is 35.5. The van der Waals surface area contributed by atoms with Crippen molar-refractivity contribution in [1.29, 1.82) is 0 Å². The van der Waals surface area contributed by atoms with Gasteiger partial charge in [0.05, 0.1) is 5.52 Å². The minimum atomic E-state index is 0.0667. The number of benzene rings is 1. The maximum absolute atomic E-state index is 6.03. The lowest BCUT2D eigenvalue weighted by molar-refractivity contribution is 0.594. The van der Waals surface area contributed by atoms with Gasteiger partial charge < -0.3 is 0 Å². The van der Waals surface area contributed by atoms with Crippen molar-refractivity contribution in [3.63, 3.8) is 0 Å². The van der Waals surface area contributed by atoms with Crippen molar-refractivity contribution >= 4 is 22.5 Å². The van der Waals surface area contributed by atoms with E-state index < -0.39 is 0 Å². The first kappa shape index (κ1) is 10.4. The summed E-state index contributed by atoms with van der Waals surface area (Å²) < 4.78 is 0. The number of nitrogens with zero attached hydrogens (tertiary/aromatic N) is 2. The van der Waals surface area contributed by atoms with E-state index >= 15 is 0 Å². The minimum Gasteiger partial charge on any atom is -0.236 e. The van der Waals surface area contributed by atoms with Crippen molar-refractivity contribution in [2.24, 2.45) is 0 Å². The molecule has 3 heteroatoms. The van der Waals surface area contributed by atoms with Crippen LogP contribution in [-0.4, -0.2) is 9.97 Å². The summed E-state index contributed by atoms with van der Waals surface area (Å²) in [4.78, 5) is 8.30. The molecule has 0 saturated heterocycles. The summed E-state index contributed by atoms with van der Waals surface area (Å²) in [6.07, 6.45) is 1.51. The van der Waals surface area contributed by atoms with Crippen molar-refractivity contribution in [1.82, 2.24) is 9.97 Å². The van der Waals surface area contributed by atoms with Gasteiger partial charge in [-0.2, -0.15) is 0 Å². The third-order valence-electron chi connectivity index (χ3n) is 2.42. The molecule has 0 aliphatic heterocycles. The van der Waals surface area contributed by atoms with Gasteiger partial charge in [-0.1, -0.05) is 44.5 Å². The van der Waals surface area contributed by atoms with Gasteiger partial charge in [0.2, 0.25) is 0 Å². The molecule has 0 amide bonds. The van der Waals surface area contributed by atoms with Crippen LogP contribution in [0.2, 0.25) is 5.15 Å². The zero-order valence-electron chi connectivity index (χ0n) is 9.08. The number of para-hydroxylation sites is 1. The fraction of sp³-hybridized carbons (Fsp3) is 0.333. The Morgan fingerprint density at radius 2 is 1.87 bits per heavy atom. The molecule has 1 heterocycles. The van der Waals surface area contributed by atoms with E-state index in [0.717, 1.165) is 10.9 Å². The summed E-state index contributed by atoms with van der Waals surface area (Å²) >= 11 is 6.03. The quantitative estimate of drug-likeness (QED) is 0.635. The van der Waals surface area contributed by atoms with Crippen molar-refractivity contribution in [3.05, 3.63) is 35.2 Å². The highest BCUT2D eigenvalue weighted by molar-refractivity contribution is 6.34. The first-order valence-electron chi connectivity index (χ1n) is 4.90. The average Bonchev–Trinajstić information content (AvgIpc) is 2.16. The third-order valence-corrected chi connectivity index (χ3v) is 2.73. The Morgan fingerprint density at radius 1 is 1.13 bits per heavy atom. The minimum absolute atomic E-state index is 0.0667. The molecule has 0 atom stereocenters. The van der Waals surface area contributed by atoms with E-state index in [1.165, 1.54) is 11.9 Å². The molecule has 0 aliphatic carbocycles. The molecule has 0 N–H and O–H groups in total. The van der Waals surface area contributed by atoms with Gasteiger partial charge in [-0.3, -0.25) is 0 Å². The van der Waals surface area contributed by atoms with Gasteiger partial charge in [-0.05, 0) is 17.0 Å². The molecule has 0 aliphatic rings. The molecule has 2 nitrogen and oxygen atoms in total. The van der Waals surface area contributed by atoms with Gasteiger partial charge in [-0.15, -0.1) is 0 Å². The predicted molar refractivity (Wildman–Crippen MR) is 63.2 cm³/mol. The monoisotopic (exact) mass is 220 g/mol. The molecule has 0 unspecified atom stereocenters. The summed E-state index contributed by atoms with van der Waals surface area (Å²) in [7, 11) is 0. The number of hydrogen-bond acceptors (Lipinski definition) is 2. The first-order chi connectivity index (χ1) is 7.00. The highest BCUT2D eigenvalue weighted by Gasteiger charge is 2.18. The maximum atomic E-state index is 6.03. The van der Waals surface area contributed by atoms with Crippen LogP contribution in [0.15, 0.2) is 24.5 Å². The standard InChI is InChI=1S/C12H13ClN2/c1-12(2,3)9-6-4-5-8-10(9)14-7-15-11(8)13/h4-7H,1-3H3. The van der Waals surface area contributed by atoms with Gasteiger partial charge >= 0.3 is 0 Å². The molecule has 0 spiro atoms. The van der Waals surface area contributed by atoms with Gasteiger partial charge in [0.25, 0.3) is 0 Å². The molecule has 2 aromatic rings. The van der Waals surface area contributed by atoms with Crippen LogP contribution in [0, 0.1) is 0 Å². The Hall–Kier alpha value is -1.15. The van der Waals surface area contributed by atoms with Crippen LogP contribution in [-0.2, 0) is 5.41 Å². The predicted octanol–water partition coefficient (Wildman–Crippen LogP) is 3.58. The lowest BCUT2D eigenvalue weighted by atomic mass is 9.86. The molecule has 2 rings (SSSR count). The maximum Gasteiger partial charge on any atom is 0.140 e. The summed E-state index contributed by atoms with van der Waals surface area (Å²) in [5.41, 5.74) is 2.21. The molecule has 0 fully saturated rings. The molecular formula is C12H13ClN2. The van der Waals surface area contributed by atoms with Crippen LogP contribution < -0.4 is 0 Å². The summed E-state index contributed by atoms with van der Waals surface area (Å²) in [6, 6.07) is 6.04. The fourth-order valence-electron chi connectivity index (χ4n) is 1.66. The number of aromatic nitrogens is 2. The van der Waals surface area contributed by atoms with E-state index in [4.69, 9.17) is 11.6 Å². The zero-order chi connectivity index (χ0) is 11.1. The topological polar surface area (TPSA) is 25.8 Å². The normalized spacial score (nSPS) is 12.0. The van der Waals surface area contributed by atoms with Crippen LogP contribution in [0.25, 0.3) is 10.9 Å². The Kier molecular flexibility index (Phi) is 2.39. The molecule has 0 saturated carbocycles. The highest BCUT2D eigenvalue weighted by Crippen LogP contribution is 2.30. The van der Waals surface area contributed by atoms with Gasteiger partial charge in [0.1, 0.15) is 11.5 Å². The number of rotatable bonds is 0. The van der Waals surface area contributed by atoms with E-state index in [1.807, 2.05) is 12.1 Å².